The van der Waals surface area contributed by atoms with E-state index in [0.717, 1.165) is 21.8 Å². The van der Waals surface area contributed by atoms with Crippen LogP contribution in [0.25, 0.3) is 21.8 Å². The first-order valence-corrected chi connectivity index (χ1v) is 9.67. The van der Waals surface area contributed by atoms with Crippen molar-refractivity contribution in [3.63, 3.8) is 0 Å². The Kier molecular flexibility index (Phi) is 24.4. The molecule has 0 bridgehead atoms. The van der Waals surface area contributed by atoms with Crippen molar-refractivity contribution in [2.75, 3.05) is 0 Å². The zero-order chi connectivity index (χ0) is 19.8. The molecule has 2 heteroatoms. The van der Waals surface area contributed by atoms with Gasteiger partial charge in [-0.05, 0) is 24.3 Å². The molecule has 0 unspecified atom stereocenters. The molecule has 0 amide bonds. The van der Waals surface area contributed by atoms with Gasteiger partial charge in [-0.25, -0.2) is 0 Å². The molecule has 0 atom stereocenters. The Morgan fingerprint density at radius 3 is 1.22 bits per heavy atom. The minimum absolute atomic E-state index is 0. The second-order valence-electron chi connectivity index (χ2n) is 4.63. The topological polar surface area (TPSA) is 22.0 Å². The molecule has 1 aromatic heterocycles. The first-order chi connectivity index (χ1) is 12.2. The van der Waals surface area contributed by atoms with Gasteiger partial charge >= 0.3 is 0 Å². The summed E-state index contributed by atoms with van der Waals surface area (Å²) in [6.07, 6.45) is 1.25. The number of para-hydroxylation sites is 2. The van der Waals surface area contributed by atoms with Crippen LogP contribution in [0.2, 0.25) is 0 Å². The van der Waals surface area contributed by atoms with Crippen molar-refractivity contribution < 1.29 is 0 Å². The van der Waals surface area contributed by atoms with Gasteiger partial charge < -0.3 is 4.57 Å². The summed E-state index contributed by atoms with van der Waals surface area (Å²) in [6.45, 7) is 16.2. The molecule has 0 N–H and O–H groups in total. The summed E-state index contributed by atoms with van der Waals surface area (Å²) in [5.41, 5.74) is 2.07. The number of rotatable bonds is 0. The summed E-state index contributed by atoms with van der Waals surface area (Å²) in [5, 5.41) is 1.56. The molecule has 2 aromatic carbocycles. The smallest absolute Gasteiger partial charge is 0.197 e. The number of hydrogen-bond donors (Lipinski definition) is 0. The molecule has 156 valence electrons. The van der Waals surface area contributed by atoms with Crippen LogP contribution >= 0.6 is 0 Å². The van der Waals surface area contributed by atoms with Crippen molar-refractivity contribution >= 4 is 21.8 Å². The van der Waals surface area contributed by atoms with Gasteiger partial charge in [0.15, 0.2) is 5.43 Å². The zero-order valence-electron chi connectivity index (χ0n) is 17.7. The first-order valence-electron chi connectivity index (χ1n) is 9.67. The Morgan fingerprint density at radius 2 is 0.926 bits per heavy atom. The number of pyridine rings is 1. The molecule has 2 nitrogen and oxygen atoms in total. The summed E-state index contributed by atoms with van der Waals surface area (Å²) in [4.78, 5) is 12.2. The van der Waals surface area contributed by atoms with E-state index in [2.05, 4.69) is 18.4 Å². The van der Waals surface area contributed by atoms with Crippen molar-refractivity contribution in [2.45, 2.75) is 76.7 Å². The second-order valence-corrected chi connectivity index (χ2v) is 4.63. The van der Waals surface area contributed by atoms with Crippen LogP contribution in [0.3, 0.4) is 0 Å². The number of hydrogen-bond acceptors (Lipinski definition) is 1. The summed E-state index contributed by atoms with van der Waals surface area (Å²) >= 11 is 0. The van der Waals surface area contributed by atoms with Crippen LogP contribution in [-0.2, 0) is 7.05 Å². The summed E-state index contributed by atoms with van der Waals surface area (Å²) in [6, 6.07) is 15.4. The van der Waals surface area contributed by atoms with Crippen LogP contribution in [-0.4, -0.2) is 4.57 Å². The van der Waals surface area contributed by atoms with Crippen molar-refractivity contribution in [3.05, 3.63) is 58.8 Å². The third-order valence-electron chi connectivity index (χ3n) is 3.02. The minimum atomic E-state index is 0. The largest absolute Gasteiger partial charge is 0.343 e. The Morgan fingerprint density at radius 1 is 0.667 bits per heavy atom. The van der Waals surface area contributed by atoms with Crippen molar-refractivity contribution in [1.29, 1.82) is 0 Å². The van der Waals surface area contributed by atoms with E-state index >= 15 is 0 Å². The molecule has 0 spiro atoms. The monoisotopic (exact) mass is 375 g/mol. The molecule has 1 heterocycles. The predicted octanol–water partition coefficient (Wildman–Crippen LogP) is 8.46. The molecule has 0 saturated carbocycles. The molecule has 0 aliphatic carbocycles. The SMILES string of the molecule is C.C.CC.CC.CC.CCC.Cn1c2ccccc2c(=O)c2ccccc21. The molecule has 0 aliphatic heterocycles. The highest BCUT2D eigenvalue weighted by molar-refractivity contribution is 5.93. The molecule has 0 aliphatic rings. The number of aromatic nitrogens is 1. The van der Waals surface area contributed by atoms with Crippen LogP contribution in [0.5, 0.6) is 0 Å². The van der Waals surface area contributed by atoms with Crippen LogP contribution in [0.1, 0.15) is 76.7 Å². The van der Waals surface area contributed by atoms with E-state index < -0.39 is 0 Å². The maximum Gasteiger partial charge on any atom is 0.197 e. The number of fused-ring (bicyclic) bond motifs is 2. The van der Waals surface area contributed by atoms with Crippen molar-refractivity contribution in [1.82, 2.24) is 4.57 Å². The quantitative estimate of drug-likeness (QED) is 0.361. The van der Waals surface area contributed by atoms with Gasteiger partial charge in [0, 0.05) is 17.8 Å². The Labute approximate surface area is 169 Å². The van der Waals surface area contributed by atoms with Crippen molar-refractivity contribution in [3.8, 4) is 0 Å². The first kappa shape index (κ1) is 32.6. The lowest BCUT2D eigenvalue weighted by molar-refractivity contribution is 1.00. The van der Waals surface area contributed by atoms with Crippen molar-refractivity contribution in [2.24, 2.45) is 7.05 Å². The fourth-order valence-corrected chi connectivity index (χ4v) is 2.19. The third-order valence-corrected chi connectivity index (χ3v) is 3.02. The average molecular weight is 376 g/mol. The highest BCUT2D eigenvalue weighted by atomic mass is 16.1. The fourth-order valence-electron chi connectivity index (χ4n) is 2.19. The molecule has 0 radical (unpaired) electrons. The lowest BCUT2D eigenvalue weighted by Gasteiger charge is -2.09. The second kappa shape index (κ2) is 20.2. The molecular weight excluding hydrogens is 330 g/mol. The predicted molar refractivity (Wildman–Crippen MR) is 130 cm³/mol. The lowest BCUT2D eigenvalue weighted by Crippen LogP contribution is -2.08. The van der Waals surface area contributed by atoms with E-state index in [1.165, 1.54) is 6.42 Å². The summed E-state index contributed by atoms with van der Waals surface area (Å²) in [7, 11) is 1.99. The number of nitrogens with zero attached hydrogens (tertiary/aromatic N) is 1. The van der Waals surface area contributed by atoms with Gasteiger partial charge in [-0.2, -0.15) is 0 Å². The lowest BCUT2D eigenvalue weighted by atomic mass is 10.1. The molecule has 0 fully saturated rings. The number of aryl methyl sites for hydroxylation is 1. The normalized spacial score (nSPS) is 7.89. The average Bonchev–Trinajstić information content (AvgIpc) is 2.71. The van der Waals surface area contributed by atoms with E-state index in [1.54, 1.807) is 0 Å². The fraction of sp³-hybridized carbons (Fsp3) is 0.480. The Bertz CT molecular complexity index is 697. The van der Waals surface area contributed by atoms with E-state index in [0.29, 0.717) is 0 Å². The van der Waals surface area contributed by atoms with Crippen LogP contribution in [0, 0.1) is 0 Å². The molecule has 0 saturated heterocycles. The number of benzene rings is 2. The van der Waals surface area contributed by atoms with Gasteiger partial charge in [0.05, 0.1) is 11.0 Å². The minimum Gasteiger partial charge on any atom is -0.343 e. The molecule has 27 heavy (non-hydrogen) atoms. The van der Waals surface area contributed by atoms with Gasteiger partial charge in [0.1, 0.15) is 0 Å². The third kappa shape index (κ3) is 8.90. The van der Waals surface area contributed by atoms with Crippen LogP contribution < -0.4 is 5.43 Å². The maximum absolute atomic E-state index is 12.2. The Balaban J connectivity index is -0.000000212. The maximum atomic E-state index is 12.2. The van der Waals surface area contributed by atoms with Gasteiger partial charge in [0.2, 0.25) is 0 Å². The van der Waals surface area contributed by atoms with Gasteiger partial charge in [-0.3, -0.25) is 4.79 Å². The Hall–Kier alpha value is -2.09. The molecule has 3 aromatic rings. The van der Waals surface area contributed by atoms with Gasteiger partial charge in [-0.1, -0.05) is 101 Å². The van der Waals surface area contributed by atoms with Crippen LogP contribution in [0.4, 0.5) is 0 Å². The van der Waals surface area contributed by atoms with E-state index in [1.807, 2.05) is 97.1 Å². The highest BCUT2D eigenvalue weighted by Crippen LogP contribution is 2.16. The summed E-state index contributed by atoms with van der Waals surface area (Å²) in [5.74, 6) is 0. The summed E-state index contributed by atoms with van der Waals surface area (Å²) < 4.78 is 2.06. The molecule has 3 rings (SSSR count). The standard InChI is InChI=1S/C14H11NO.C3H8.3C2H6.2CH4/c1-15-12-8-4-2-6-10(12)14(16)11-7-3-5-9-13(11)15;1-3-2;3*1-2;;/h2-9H,1H3;3H2,1-2H3;3*1-2H3;2*1H4. The van der Waals surface area contributed by atoms with E-state index in [9.17, 15) is 4.79 Å². The van der Waals surface area contributed by atoms with E-state index in [-0.39, 0.29) is 20.3 Å². The zero-order valence-corrected chi connectivity index (χ0v) is 17.7. The highest BCUT2D eigenvalue weighted by Gasteiger charge is 2.06. The van der Waals surface area contributed by atoms with E-state index in [4.69, 9.17) is 0 Å². The van der Waals surface area contributed by atoms with Gasteiger partial charge in [-0.15, -0.1) is 0 Å². The van der Waals surface area contributed by atoms with Crippen LogP contribution in [0.15, 0.2) is 53.3 Å². The van der Waals surface area contributed by atoms with Gasteiger partial charge in [0.25, 0.3) is 0 Å². The molecular formula is C25H45NO.